The third-order valence-corrected chi connectivity index (χ3v) is 4.47. The van der Waals surface area contributed by atoms with E-state index in [0.717, 1.165) is 5.69 Å². The maximum Gasteiger partial charge on any atom is 0.270 e. The molecule has 2 N–H and O–H groups in total. The van der Waals surface area contributed by atoms with Crippen LogP contribution in [0.15, 0.2) is 42.9 Å². The molecule has 1 aromatic carbocycles. The van der Waals surface area contributed by atoms with Crippen LogP contribution in [0.4, 0.5) is 0 Å². The van der Waals surface area contributed by atoms with Crippen LogP contribution in [0.1, 0.15) is 17.4 Å². The van der Waals surface area contributed by atoms with Crippen molar-refractivity contribution >= 4 is 17.7 Å². The van der Waals surface area contributed by atoms with Gasteiger partial charge in [-0.1, -0.05) is 18.2 Å². The van der Waals surface area contributed by atoms with E-state index in [1.807, 2.05) is 43.5 Å². The van der Waals surface area contributed by atoms with Crippen LogP contribution in [0.5, 0.6) is 0 Å². The summed E-state index contributed by atoms with van der Waals surface area (Å²) in [4.78, 5) is 16.4. The molecule has 1 amide bonds. The number of hydrogen-bond donors (Lipinski definition) is 2. The number of hydrogen-bond acceptors (Lipinski definition) is 4. The fourth-order valence-electron chi connectivity index (χ4n) is 2.07. The summed E-state index contributed by atoms with van der Waals surface area (Å²) in [5.74, 6) is -0.198. The Morgan fingerprint density at radius 3 is 2.76 bits per heavy atom. The lowest BCUT2D eigenvalue weighted by Gasteiger charge is -2.21. The number of benzene rings is 1. The van der Waals surface area contributed by atoms with Crippen LogP contribution in [0.2, 0.25) is 0 Å². The van der Waals surface area contributed by atoms with Crippen LogP contribution in [0.3, 0.4) is 0 Å². The number of aliphatic hydroxyl groups is 1. The summed E-state index contributed by atoms with van der Waals surface area (Å²) in [5.41, 5.74) is 1.36. The van der Waals surface area contributed by atoms with Crippen molar-refractivity contribution in [2.45, 2.75) is 18.2 Å². The topological polar surface area (TPSA) is 67.2 Å². The van der Waals surface area contributed by atoms with Gasteiger partial charge in [0.25, 0.3) is 5.91 Å². The van der Waals surface area contributed by atoms with E-state index in [0.29, 0.717) is 5.69 Å². The molecule has 0 radical (unpaired) electrons. The highest BCUT2D eigenvalue weighted by Crippen LogP contribution is 2.13. The molecule has 2 rings (SSSR count). The molecule has 0 saturated heterocycles. The summed E-state index contributed by atoms with van der Waals surface area (Å²) in [5, 5.41) is 12.2. The highest BCUT2D eigenvalue weighted by atomic mass is 32.2. The van der Waals surface area contributed by atoms with Crippen molar-refractivity contribution in [3.8, 4) is 5.69 Å². The number of aliphatic hydroxyl groups excluding tert-OH is 1. The van der Waals surface area contributed by atoms with E-state index in [1.165, 1.54) is 11.8 Å². The molecule has 0 fully saturated rings. The Bertz CT molecular complexity index is 582. The zero-order chi connectivity index (χ0) is 15.2. The number of para-hydroxylation sites is 1. The van der Waals surface area contributed by atoms with E-state index in [1.54, 1.807) is 17.1 Å². The summed E-state index contributed by atoms with van der Waals surface area (Å²) in [7, 11) is 0. The lowest BCUT2D eigenvalue weighted by molar-refractivity contribution is 0.0929. The smallest absolute Gasteiger partial charge is 0.270 e. The SMILES string of the molecule is CSC(CO)C(C)NC(=O)c1cncn1-c1ccccc1. The largest absolute Gasteiger partial charge is 0.395 e. The van der Waals surface area contributed by atoms with Crippen LogP contribution in [0.25, 0.3) is 5.69 Å². The Balaban J connectivity index is 2.16. The van der Waals surface area contributed by atoms with Gasteiger partial charge in [0.15, 0.2) is 0 Å². The van der Waals surface area contributed by atoms with Gasteiger partial charge < -0.3 is 10.4 Å². The van der Waals surface area contributed by atoms with Crippen molar-refractivity contribution in [1.29, 1.82) is 0 Å². The molecule has 0 aliphatic rings. The predicted molar refractivity (Wildman–Crippen MR) is 84.9 cm³/mol. The Labute approximate surface area is 128 Å². The number of carbonyl (C=O) groups excluding carboxylic acids is 1. The average molecular weight is 305 g/mol. The minimum atomic E-state index is -0.198. The highest BCUT2D eigenvalue weighted by molar-refractivity contribution is 7.99. The molecular formula is C15H19N3O2S. The Morgan fingerprint density at radius 2 is 2.14 bits per heavy atom. The summed E-state index contributed by atoms with van der Waals surface area (Å²) < 4.78 is 1.75. The molecule has 21 heavy (non-hydrogen) atoms. The van der Waals surface area contributed by atoms with Gasteiger partial charge in [-0.3, -0.25) is 9.36 Å². The first-order chi connectivity index (χ1) is 10.2. The number of carbonyl (C=O) groups is 1. The maximum atomic E-state index is 12.4. The Kier molecular flexibility index (Phi) is 5.41. The van der Waals surface area contributed by atoms with Gasteiger partial charge in [-0.05, 0) is 25.3 Å². The predicted octanol–water partition coefficient (Wildman–Crippen LogP) is 1.71. The van der Waals surface area contributed by atoms with Crippen LogP contribution >= 0.6 is 11.8 Å². The summed E-state index contributed by atoms with van der Waals surface area (Å²) in [6.07, 6.45) is 5.08. The number of aromatic nitrogens is 2. The maximum absolute atomic E-state index is 12.4. The van der Waals surface area contributed by atoms with Crippen LogP contribution in [-0.2, 0) is 0 Å². The van der Waals surface area contributed by atoms with Gasteiger partial charge in [0.1, 0.15) is 5.69 Å². The normalized spacial score (nSPS) is 13.7. The van der Waals surface area contributed by atoms with Crippen molar-refractivity contribution in [1.82, 2.24) is 14.9 Å². The van der Waals surface area contributed by atoms with Crippen LogP contribution < -0.4 is 5.32 Å². The molecule has 5 nitrogen and oxygen atoms in total. The lowest BCUT2D eigenvalue weighted by atomic mass is 10.2. The first-order valence-corrected chi connectivity index (χ1v) is 7.98. The Morgan fingerprint density at radius 1 is 1.43 bits per heavy atom. The number of thioether (sulfide) groups is 1. The van der Waals surface area contributed by atoms with E-state index in [9.17, 15) is 9.90 Å². The first kappa shape index (κ1) is 15.6. The van der Waals surface area contributed by atoms with Crippen molar-refractivity contribution in [2.24, 2.45) is 0 Å². The number of rotatable bonds is 6. The van der Waals surface area contributed by atoms with Crippen molar-refractivity contribution in [3.05, 3.63) is 48.5 Å². The number of imidazole rings is 1. The zero-order valence-electron chi connectivity index (χ0n) is 12.1. The summed E-state index contributed by atoms with van der Waals surface area (Å²) >= 11 is 1.53. The number of nitrogens with zero attached hydrogens (tertiary/aromatic N) is 2. The van der Waals surface area contributed by atoms with Gasteiger partial charge >= 0.3 is 0 Å². The zero-order valence-corrected chi connectivity index (χ0v) is 12.9. The average Bonchev–Trinajstić information content (AvgIpc) is 2.99. The number of amides is 1. The highest BCUT2D eigenvalue weighted by Gasteiger charge is 2.20. The van der Waals surface area contributed by atoms with Gasteiger partial charge in [0.05, 0.1) is 19.1 Å². The molecule has 2 atom stereocenters. The van der Waals surface area contributed by atoms with Crippen LogP contribution in [-0.4, -0.2) is 44.7 Å². The second kappa shape index (κ2) is 7.28. The van der Waals surface area contributed by atoms with E-state index in [4.69, 9.17) is 0 Å². The number of nitrogens with one attached hydrogen (secondary N) is 1. The standard InChI is InChI=1S/C15H19N3O2S/c1-11(14(9-19)21-2)17-15(20)13-8-16-10-18(13)12-6-4-3-5-7-12/h3-8,10-11,14,19H,9H2,1-2H3,(H,17,20). The summed E-state index contributed by atoms with van der Waals surface area (Å²) in [6.45, 7) is 1.92. The fourth-order valence-corrected chi connectivity index (χ4v) is 2.69. The fraction of sp³-hybridized carbons (Fsp3) is 0.333. The van der Waals surface area contributed by atoms with Gasteiger partial charge in [-0.15, -0.1) is 0 Å². The molecule has 1 heterocycles. The molecule has 112 valence electrons. The van der Waals surface area contributed by atoms with Gasteiger partial charge in [0.2, 0.25) is 0 Å². The lowest BCUT2D eigenvalue weighted by Crippen LogP contribution is -2.41. The molecule has 2 unspecified atom stereocenters. The molecule has 0 spiro atoms. The monoisotopic (exact) mass is 305 g/mol. The second-order valence-electron chi connectivity index (χ2n) is 4.70. The minimum Gasteiger partial charge on any atom is -0.395 e. The Hall–Kier alpha value is -1.79. The van der Waals surface area contributed by atoms with E-state index < -0.39 is 0 Å². The van der Waals surface area contributed by atoms with Crippen molar-refractivity contribution in [2.75, 3.05) is 12.9 Å². The van der Waals surface area contributed by atoms with E-state index in [-0.39, 0.29) is 23.8 Å². The van der Waals surface area contributed by atoms with Crippen molar-refractivity contribution < 1.29 is 9.90 Å². The quantitative estimate of drug-likeness (QED) is 0.852. The van der Waals surface area contributed by atoms with E-state index in [2.05, 4.69) is 10.3 Å². The second-order valence-corrected chi connectivity index (χ2v) is 5.78. The molecule has 0 aliphatic heterocycles. The van der Waals surface area contributed by atoms with Gasteiger partial charge in [-0.25, -0.2) is 4.98 Å². The van der Waals surface area contributed by atoms with Crippen molar-refractivity contribution in [3.63, 3.8) is 0 Å². The van der Waals surface area contributed by atoms with Gasteiger partial charge in [0, 0.05) is 17.0 Å². The van der Waals surface area contributed by atoms with Crippen LogP contribution in [0, 0.1) is 0 Å². The third kappa shape index (κ3) is 3.65. The molecule has 0 saturated carbocycles. The minimum absolute atomic E-state index is 0.0259. The molecular weight excluding hydrogens is 286 g/mol. The molecule has 2 aromatic rings. The molecule has 1 aromatic heterocycles. The summed E-state index contributed by atoms with van der Waals surface area (Å²) in [6, 6.07) is 9.45. The third-order valence-electron chi connectivity index (χ3n) is 3.30. The van der Waals surface area contributed by atoms with E-state index >= 15 is 0 Å². The first-order valence-electron chi connectivity index (χ1n) is 6.69. The molecule has 0 aliphatic carbocycles. The molecule has 6 heteroatoms. The molecule has 0 bridgehead atoms. The van der Waals surface area contributed by atoms with Gasteiger partial charge in [-0.2, -0.15) is 11.8 Å².